The Balaban J connectivity index is 2.43. The quantitative estimate of drug-likeness (QED) is 0.925. The van der Waals surface area contributed by atoms with E-state index in [-0.39, 0.29) is 11.4 Å². The van der Waals surface area contributed by atoms with E-state index in [1.54, 1.807) is 0 Å². The Bertz CT molecular complexity index is 424. The molecule has 0 aromatic carbocycles. The molecule has 1 saturated carbocycles. The highest BCUT2D eigenvalue weighted by atomic mass is 32.1. The molecule has 3 nitrogen and oxygen atoms in total. The topological polar surface area (TPSA) is 48.1 Å². The first-order chi connectivity index (χ1) is 8.43. The van der Waals surface area contributed by atoms with Gasteiger partial charge in [-0.1, -0.05) is 12.8 Å². The van der Waals surface area contributed by atoms with Gasteiger partial charge in [0.25, 0.3) is 0 Å². The minimum Gasteiger partial charge on any atom is -0.371 e. The van der Waals surface area contributed by atoms with E-state index in [9.17, 15) is 13.2 Å². The highest BCUT2D eigenvalue weighted by molar-refractivity contribution is 7.11. The van der Waals surface area contributed by atoms with Crippen molar-refractivity contribution >= 4 is 11.3 Å². The number of alkyl halides is 3. The number of halogens is 3. The first kappa shape index (κ1) is 13.8. The number of hydrogen-bond donors (Lipinski definition) is 1. The van der Waals surface area contributed by atoms with Gasteiger partial charge in [0.15, 0.2) is 5.69 Å². The lowest BCUT2D eigenvalue weighted by Gasteiger charge is -2.24. The first-order valence-electron chi connectivity index (χ1n) is 5.75. The predicted octanol–water partition coefficient (Wildman–Crippen LogP) is 3.04. The standard InChI is InChI=1S/C11H15F3N2OS/c1-17-10(4-2-3-5-10)9-16-8(11(12,13)14)7(6-15)18-9/h2-6,15H2,1H3. The van der Waals surface area contributed by atoms with Gasteiger partial charge < -0.3 is 10.5 Å². The zero-order valence-electron chi connectivity index (χ0n) is 10.0. The molecule has 0 bridgehead atoms. The number of nitrogens with zero attached hydrogens (tertiary/aromatic N) is 1. The van der Waals surface area contributed by atoms with Crippen molar-refractivity contribution < 1.29 is 17.9 Å². The van der Waals surface area contributed by atoms with E-state index < -0.39 is 17.5 Å². The minimum atomic E-state index is -4.45. The van der Waals surface area contributed by atoms with Crippen LogP contribution in [0.1, 0.15) is 41.3 Å². The van der Waals surface area contributed by atoms with Crippen molar-refractivity contribution in [3.63, 3.8) is 0 Å². The van der Waals surface area contributed by atoms with Crippen LogP contribution in [0.3, 0.4) is 0 Å². The molecule has 0 aliphatic heterocycles. The molecule has 2 N–H and O–H groups in total. The molecule has 0 saturated heterocycles. The Morgan fingerprint density at radius 1 is 1.39 bits per heavy atom. The molecular formula is C11H15F3N2OS. The molecule has 102 valence electrons. The van der Waals surface area contributed by atoms with Crippen LogP contribution in [0.15, 0.2) is 0 Å². The second-order valence-electron chi connectivity index (χ2n) is 4.40. The van der Waals surface area contributed by atoms with Crippen molar-refractivity contribution in [2.45, 2.75) is 44.0 Å². The zero-order valence-corrected chi connectivity index (χ0v) is 10.8. The summed E-state index contributed by atoms with van der Waals surface area (Å²) in [6.45, 7) is -0.147. The summed E-state index contributed by atoms with van der Waals surface area (Å²) in [6.07, 6.45) is -1.10. The lowest BCUT2D eigenvalue weighted by Crippen LogP contribution is -2.24. The highest BCUT2D eigenvalue weighted by Gasteiger charge is 2.43. The lowest BCUT2D eigenvalue weighted by molar-refractivity contribution is -0.141. The molecule has 0 atom stereocenters. The summed E-state index contributed by atoms with van der Waals surface area (Å²) < 4.78 is 43.9. The number of ether oxygens (including phenoxy) is 1. The van der Waals surface area contributed by atoms with E-state index in [1.807, 2.05) is 0 Å². The predicted molar refractivity (Wildman–Crippen MR) is 62.2 cm³/mol. The van der Waals surface area contributed by atoms with Crippen molar-refractivity contribution in [3.05, 3.63) is 15.6 Å². The van der Waals surface area contributed by atoms with Crippen LogP contribution in [0.25, 0.3) is 0 Å². The van der Waals surface area contributed by atoms with Gasteiger partial charge in [-0.2, -0.15) is 13.2 Å². The Morgan fingerprint density at radius 2 is 2.00 bits per heavy atom. The molecule has 1 aromatic heterocycles. The normalized spacial score (nSPS) is 19.4. The number of methoxy groups -OCH3 is 1. The average molecular weight is 280 g/mol. The Hall–Kier alpha value is -0.660. The fraction of sp³-hybridized carbons (Fsp3) is 0.727. The number of nitrogens with two attached hydrogens (primary N) is 1. The van der Waals surface area contributed by atoms with Crippen LogP contribution in [-0.2, 0) is 23.1 Å². The summed E-state index contributed by atoms with van der Waals surface area (Å²) in [7, 11) is 1.53. The molecule has 0 amide bonds. The third-order valence-corrected chi connectivity index (χ3v) is 4.61. The van der Waals surface area contributed by atoms with Crippen molar-refractivity contribution in [1.82, 2.24) is 4.98 Å². The maximum Gasteiger partial charge on any atom is 0.434 e. The number of rotatable bonds is 3. The molecule has 1 aliphatic carbocycles. The number of hydrogen-bond acceptors (Lipinski definition) is 4. The Morgan fingerprint density at radius 3 is 2.39 bits per heavy atom. The Labute approximate surface area is 107 Å². The smallest absolute Gasteiger partial charge is 0.371 e. The fourth-order valence-corrected chi connectivity index (χ4v) is 3.54. The SMILES string of the molecule is COC1(c2nc(C(F)(F)F)c(CN)s2)CCCC1. The van der Waals surface area contributed by atoms with Crippen LogP contribution in [-0.4, -0.2) is 12.1 Å². The number of aromatic nitrogens is 1. The molecule has 0 unspecified atom stereocenters. The van der Waals surface area contributed by atoms with Gasteiger partial charge in [0, 0.05) is 13.7 Å². The summed E-state index contributed by atoms with van der Waals surface area (Å²) in [5.41, 5.74) is 3.88. The fourth-order valence-electron chi connectivity index (χ4n) is 2.36. The molecule has 2 rings (SSSR count). The third kappa shape index (κ3) is 2.26. The third-order valence-electron chi connectivity index (χ3n) is 3.34. The zero-order chi connectivity index (χ0) is 13.4. The monoisotopic (exact) mass is 280 g/mol. The van der Waals surface area contributed by atoms with Gasteiger partial charge >= 0.3 is 6.18 Å². The summed E-state index contributed by atoms with van der Waals surface area (Å²) >= 11 is 1.03. The molecule has 18 heavy (non-hydrogen) atoms. The van der Waals surface area contributed by atoms with Gasteiger partial charge in [-0.25, -0.2) is 4.98 Å². The van der Waals surface area contributed by atoms with E-state index in [0.29, 0.717) is 5.01 Å². The van der Waals surface area contributed by atoms with E-state index in [0.717, 1.165) is 37.0 Å². The van der Waals surface area contributed by atoms with Gasteiger partial charge in [0.2, 0.25) is 0 Å². The molecular weight excluding hydrogens is 265 g/mol. The molecule has 1 aliphatic rings. The molecule has 1 heterocycles. The van der Waals surface area contributed by atoms with Crippen molar-refractivity contribution in [2.24, 2.45) is 5.73 Å². The molecule has 1 fully saturated rings. The van der Waals surface area contributed by atoms with Crippen LogP contribution in [0.4, 0.5) is 13.2 Å². The summed E-state index contributed by atoms with van der Waals surface area (Å²) in [5.74, 6) is 0. The van der Waals surface area contributed by atoms with Crippen molar-refractivity contribution in [3.8, 4) is 0 Å². The van der Waals surface area contributed by atoms with Crippen molar-refractivity contribution in [2.75, 3.05) is 7.11 Å². The largest absolute Gasteiger partial charge is 0.434 e. The number of thiazole rings is 1. The van der Waals surface area contributed by atoms with E-state index in [1.165, 1.54) is 7.11 Å². The second kappa shape index (κ2) is 4.79. The van der Waals surface area contributed by atoms with E-state index in [2.05, 4.69) is 4.98 Å². The van der Waals surface area contributed by atoms with Crippen LogP contribution in [0, 0.1) is 0 Å². The van der Waals surface area contributed by atoms with Gasteiger partial charge in [-0.15, -0.1) is 11.3 Å². The lowest BCUT2D eigenvalue weighted by atomic mass is 10.0. The maximum absolute atomic E-state index is 12.8. The van der Waals surface area contributed by atoms with Crippen LogP contribution >= 0.6 is 11.3 Å². The first-order valence-corrected chi connectivity index (χ1v) is 6.57. The maximum atomic E-state index is 12.8. The summed E-state index contributed by atoms with van der Waals surface area (Å²) in [6, 6.07) is 0. The summed E-state index contributed by atoms with van der Waals surface area (Å²) in [5, 5.41) is 0.412. The molecule has 7 heteroatoms. The minimum absolute atomic E-state index is 0.0841. The van der Waals surface area contributed by atoms with Crippen molar-refractivity contribution in [1.29, 1.82) is 0 Å². The van der Waals surface area contributed by atoms with Gasteiger partial charge in [-0.05, 0) is 12.8 Å². The summed E-state index contributed by atoms with van der Waals surface area (Å²) in [4.78, 5) is 3.85. The van der Waals surface area contributed by atoms with Crippen LogP contribution < -0.4 is 5.73 Å². The van der Waals surface area contributed by atoms with E-state index >= 15 is 0 Å². The Kier molecular flexibility index (Phi) is 3.66. The van der Waals surface area contributed by atoms with Gasteiger partial charge in [0.1, 0.15) is 10.6 Å². The van der Waals surface area contributed by atoms with Gasteiger partial charge in [-0.3, -0.25) is 0 Å². The molecule has 0 radical (unpaired) electrons. The molecule has 1 aromatic rings. The van der Waals surface area contributed by atoms with Gasteiger partial charge in [0.05, 0.1) is 4.88 Å². The van der Waals surface area contributed by atoms with Crippen LogP contribution in [0.2, 0.25) is 0 Å². The average Bonchev–Trinajstić information content (AvgIpc) is 2.95. The van der Waals surface area contributed by atoms with E-state index in [4.69, 9.17) is 10.5 Å². The van der Waals surface area contributed by atoms with Crippen LogP contribution in [0.5, 0.6) is 0 Å². The highest BCUT2D eigenvalue weighted by Crippen LogP contribution is 2.45. The molecule has 0 spiro atoms. The second-order valence-corrected chi connectivity index (χ2v) is 5.48.